The molecule has 11 heavy (non-hydrogen) atoms. The van der Waals surface area contributed by atoms with Gasteiger partial charge in [0.2, 0.25) is 0 Å². The van der Waals surface area contributed by atoms with Gasteiger partial charge in [-0.15, -0.1) is 23.7 Å². The first-order valence-electron chi connectivity index (χ1n) is 2.88. The molecule has 5 heteroatoms. The second kappa shape index (κ2) is 5.54. The number of hydrogen-bond donors (Lipinski definition) is 1. The van der Waals surface area contributed by atoms with E-state index in [9.17, 15) is 0 Å². The summed E-state index contributed by atoms with van der Waals surface area (Å²) in [4.78, 5) is 1.32. The van der Waals surface area contributed by atoms with Gasteiger partial charge >= 0.3 is 0 Å². The fraction of sp³-hybridized carbons (Fsp3) is 0.333. The van der Waals surface area contributed by atoms with Crippen LogP contribution >= 0.6 is 55.6 Å². The Morgan fingerprint density at radius 3 is 2.45 bits per heavy atom. The average Bonchev–Trinajstić information content (AvgIpc) is 2.14. The Labute approximate surface area is 93.0 Å². The number of thiophene rings is 1. The predicted octanol–water partition coefficient (Wildman–Crippen LogP) is 3.20. The molecule has 1 nitrogen and oxygen atoms in total. The fourth-order valence-corrected chi connectivity index (χ4v) is 2.85. The van der Waals surface area contributed by atoms with Gasteiger partial charge in [0, 0.05) is 9.35 Å². The van der Waals surface area contributed by atoms with E-state index in [0.29, 0.717) is 0 Å². The summed E-state index contributed by atoms with van der Waals surface area (Å²) in [5, 5.41) is 0. The molecule has 0 atom stereocenters. The Kier molecular flexibility index (Phi) is 6.00. The lowest BCUT2D eigenvalue weighted by Gasteiger charge is -1.86. The largest absolute Gasteiger partial charge is 0.330 e. The van der Waals surface area contributed by atoms with Crippen LogP contribution in [0.15, 0.2) is 14.3 Å². The average molecular weight is 321 g/mol. The molecule has 0 aromatic carbocycles. The van der Waals surface area contributed by atoms with Gasteiger partial charge in [0.25, 0.3) is 0 Å². The van der Waals surface area contributed by atoms with E-state index in [1.165, 1.54) is 4.88 Å². The van der Waals surface area contributed by atoms with Crippen LogP contribution in [0.4, 0.5) is 0 Å². The maximum atomic E-state index is 5.40. The Bertz CT molecular complexity index is 207. The molecule has 1 aromatic heterocycles. The summed E-state index contributed by atoms with van der Waals surface area (Å²) >= 11 is 8.55. The molecule has 1 heterocycles. The third kappa shape index (κ3) is 3.42. The quantitative estimate of drug-likeness (QED) is 0.889. The summed E-state index contributed by atoms with van der Waals surface area (Å²) in [6, 6.07) is 2.10. The van der Waals surface area contributed by atoms with E-state index in [1.54, 1.807) is 11.3 Å². The van der Waals surface area contributed by atoms with Crippen molar-refractivity contribution in [1.29, 1.82) is 0 Å². The van der Waals surface area contributed by atoms with E-state index in [-0.39, 0.29) is 12.4 Å². The molecular formula is C6H8Br2ClNS. The Morgan fingerprint density at radius 2 is 2.09 bits per heavy atom. The predicted molar refractivity (Wildman–Crippen MR) is 59.7 cm³/mol. The van der Waals surface area contributed by atoms with Crippen LogP contribution in [0, 0.1) is 0 Å². The van der Waals surface area contributed by atoms with Crippen LogP contribution in [0.25, 0.3) is 0 Å². The third-order valence-corrected chi connectivity index (χ3v) is 4.40. The molecule has 0 aliphatic rings. The smallest absolute Gasteiger partial charge is 0.0843 e. The minimum atomic E-state index is 0. The molecule has 0 fully saturated rings. The zero-order valence-corrected chi connectivity index (χ0v) is 10.4. The maximum Gasteiger partial charge on any atom is 0.0843 e. The van der Waals surface area contributed by atoms with Gasteiger partial charge in [0.1, 0.15) is 0 Å². The van der Waals surface area contributed by atoms with Crippen molar-refractivity contribution in [1.82, 2.24) is 0 Å². The highest BCUT2D eigenvalue weighted by molar-refractivity contribution is 9.13. The van der Waals surface area contributed by atoms with Crippen molar-refractivity contribution in [2.75, 3.05) is 6.54 Å². The number of hydrogen-bond acceptors (Lipinski definition) is 2. The third-order valence-electron chi connectivity index (χ3n) is 1.09. The highest BCUT2D eigenvalue weighted by Crippen LogP contribution is 2.32. The normalized spacial score (nSPS) is 9.36. The highest BCUT2D eigenvalue weighted by Gasteiger charge is 2.01. The van der Waals surface area contributed by atoms with Gasteiger partial charge in [0.15, 0.2) is 0 Å². The second-order valence-electron chi connectivity index (χ2n) is 1.87. The van der Waals surface area contributed by atoms with Gasteiger partial charge in [-0.2, -0.15) is 0 Å². The fourth-order valence-electron chi connectivity index (χ4n) is 0.657. The van der Waals surface area contributed by atoms with Crippen molar-refractivity contribution in [3.05, 3.63) is 19.2 Å². The van der Waals surface area contributed by atoms with E-state index in [4.69, 9.17) is 5.73 Å². The number of rotatable bonds is 2. The maximum absolute atomic E-state index is 5.40. The van der Waals surface area contributed by atoms with Crippen molar-refractivity contribution in [2.45, 2.75) is 6.42 Å². The molecule has 1 aromatic rings. The van der Waals surface area contributed by atoms with Crippen molar-refractivity contribution in [2.24, 2.45) is 5.73 Å². The number of nitrogens with two attached hydrogens (primary N) is 1. The van der Waals surface area contributed by atoms with Crippen molar-refractivity contribution < 1.29 is 0 Å². The first-order chi connectivity index (χ1) is 4.74. The van der Waals surface area contributed by atoms with Crippen molar-refractivity contribution in [3.8, 4) is 0 Å². The molecule has 64 valence electrons. The van der Waals surface area contributed by atoms with Crippen LogP contribution in [0.5, 0.6) is 0 Å². The summed E-state index contributed by atoms with van der Waals surface area (Å²) in [5.74, 6) is 0. The molecule has 0 bridgehead atoms. The lowest BCUT2D eigenvalue weighted by atomic mass is 10.3. The first-order valence-corrected chi connectivity index (χ1v) is 5.28. The van der Waals surface area contributed by atoms with Crippen LogP contribution in [0.2, 0.25) is 0 Å². The van der Waals surface area contributed by atoms with Crippen LogP contribution in [-0.2, 0) is 6.42 Å². The Hall–Kier alpha value is 0.910. The molecule has 0 unspecified atom stereocenters. The molecule has 2 N–H and O–H groups in total. The lowest BCUT2D eigenvalue weighted by molar-refractivity contribution is 0.988. The van der Waals surface area contributed by atoms with Crippen molar-refractivity contribution in [3.63, 3.8) is 0 Å². The summed E-state index contributed by atoms with van der Waals surface area (Å²) in [5.41, 5.74) is 5.40. The summed E-state index contributed by atoms with van der Waals surface area (Å²) in [7, 11) is 0. The van der Waals surface area contributed by atoms with E-state index < -0.39 is 0 Å². The van der Waals surface area contributed by atoms with Gasteiger partial charge < -0.3 is 5.73 Å². The van der Waals surface area contributed by atoms with Crippen molar-refractivity contribution >= 4 is 55.6 Å². The summed E-state index contributed by atoms with van der Waals surface area (Å²) in [6.45, 7) is 0.722. The van der Waals surface area contributed by atoms with Gasteiger partial charge in [-0.05, 0) is 50.9 Å². The Balaban J connectivity index is 0.000001000. The van der Waals surface area contributed by atoms with E-state index >= 15 is 0 Å². The molecule has 0 amide bonds. The van der Waals surface area contributed by atoms with Crippen LogP contribution in [-0.4, -0.2) is 6.54 Å². The first kappa shape index (κ1) is 11.9. The molecule has 0 spiro atoms. The topological polar surface area (TPSA) is 26.0 Å². The van der Waals surface area contributed by atoms with Crippen LogP contribution < -0.4 is 5.73 Å². The van der Waals surface area contributed by atoms with E-state index in [1.807, 2.05) is 0 Å². The monoisotopic (exact) mass is 319 g/mol. The molecule has 0 saturated carbocycles. The molecular weight excluding hydrogens is 313 g/mol. The minimum Gasteiger partial charge on any atom is -0.330 e. The lowest BCUT2D eigenvalue weighted by Crippen LogP contribution is -2.00. The molecule has 0 aliphatic heterocycles. The molecule has 0 radical (unpaired) electrons. The SMILES string of the molecule is Cl.NCCc1cc(Br)c(Br)s1. The highest BCUT2D eigenvalue weighted by atomic mass is 79.9. The second-order valence-corrected chi connectivity index (χ2v) is 5.18. The zero-order valence-electron chi connectivity index (χ0n) is 5.64. The summed E-state index contributed by atoms with van der Waals surface area (Å²) in [6.07, 6.45) is 0.967. The van der Waals surface area contributed by atoms with E-state index in [0.717, 1.165) is 21.2 Å². The van der Waals surface area contributed by atoms with Gasteiger partial charge in [0.05, 0.1) is 3.79 Å². The molecule has 0 saturated heterocycles. The summed E-state index contributed by atoms with van der Waals surface area (Å²) < 4.78 is 2.27. The number of halogens is 3. The van der Waals surface area contributed by atoms with Gasteiger partial charge in [-0.3, -0.25) is 0 Å². The Morgan fingerprint density at radius 1 is 1.45 bits per heavy atom. The van der Waals surface area contributed by atoms with E-state index in [2.05, 4.69) is 37.9 Å². The van der Waals surface area contributed by atoms with Crippen LogP contribution in [0.1, 0.15) is 4.88 Å². The standard InChI is InChI=1S/C6H7Br2NS.ClH/c7-5-3-4(1-2-9)10-6(5)8;/h3H,1-2,9H2;1H. The zero-order chi connectivity index (χ0) is 7.56. The van der Waals surface area contributed by atoms with Gasteiger partial charge in [-0.25, -0.2) is 0 Å². The molecule has 1 rings (SSSR count). The minimum absolute atomic E-state index is 0. The van der Waals surface area contributed by atoms with Gasteiger partial charge in [-0.1, -0.05) is 0 Å². The van der Waals surface area contributed by atoms with Crippen LogP contribution in [0.3, 0.4) is 0 Å². The molecule has 0 aliphatic carbocycles.